The second kappa shape index (κ2) is 7.88. The van der Waals surface area contributed by atoms with E-state index in [9.17, 15) is 0 Å². The Morgan fingerprint density at radius 1 is 1.28 bits per heavy atom. The van der Waals surface area contributed by atoms with Crippen LogP contribution in [0.4, 0.5) is 5.82 Å². The Labute approximate surface area is 176 Å². The van der Waals surface area contributed by atoms with Gasteiger partial charge < -0.3 is 16.0 Å². The lowest BCUT2D eigenvalue weighted by atomic mass is 9.96. The van der Waals surface area contributed by atoms with E-state index in [1.165, 1.54) is 12.4 Å². The predicted molar refractivity (Wildman–Crippen MR) is 116 cm³/mol. The van der Waals surface area contributed by atoms with Crippen LogP contribution in [0.15, 0.2) is 47.2 Å². The number of anilines is 1. The van der Waals surface area contributed by atoms with E-state index in [2.05, 4.69) is 54.7 Å². The Morgan fingerprint density at radius 2 is 2.10 bits per heavy atom. The van der Waals surface area contributed by atoms with Gasteiger partial charge in [-0.15, -0.1) is 0 Å². The fourth-order valence-corrected chi connectivity index (χ4v) is 4.21. The molecular weight excluding hydrogens is 434 g/mol. The Morgan fingerprint density at radius 3 is 2.86 bits per heavy atom. The first-order valence-corrected chi connectivity index (χ1v) is 10.0. The number of nitrogens with one attached hydrogen (secondary N) is 1. The Bertz CT molecular complexity index is 1080. The van der Waals surface area contributed by atoms with Gasteiger partial charge in [-0.1, -0.05) is 0 Å². The number of aromatic nitrogens is 5. The highest BCUT2D eigenvalue weighted by Crippen LogP contribution is 2.27. The topological polar surface area (TPSA) is 112 Å². The van der Waals surface area contributed by atoms with Crippen molar-refractivity contribution in [3.8, 4) is 11.5 Å². The van der Waals surface area contributed by atoms with Gasteiger partial charge >= 0.3 is 0 Å². The highest BCUT2D eigenvalue weighted by molar-refractivity contribution is 9.10. The Kier molecular flexibility index (Phi) is 5.29. The number of halogens is 1. The lowest BCUT2D eigenvalue weighted by Crippen LogP contribution is -2.58. The van der Waals surface area contributed by atoms with Crippen molar-refractivity contribution in [3.05, 3.63) is 47.2 Å². The Balaban J connectivity index is 1.71. The minimum Gasteiger partial charge on any atom is -0.404 e. The molecule has 4 rings (SSSR count). The molecule has 3 aromatic rings. The van der Waals surface area contributed by atoms with Crippen LogP contribution in [0.1, 0.15) is 6.92 Å². The van der Waals surface area contributed by atoms with E-state index in [-0.39, 0.29) is 12.1 Å². The van der Waals surface area contributed by atoms with E-state index in [1.54, 1.807) is 18.6 Å². The smallest absolute Gasteiger partial charge is 0.180 e. The summed E-state index contributed by atoms with van der Waals surface area (Å²) < 4.78 is 2.63. The third-order valence-corrected chi connectivity index (χ3v) is 5.76. The highest BCUT2D eigenvalue weighted by Gasteiger charge is 2.34. The molecule has 0 radical (unpaired) electrons. The summed E-state index contributed by atoms with van der Waals surface area (Å²) in [5.74, 6) is 1.43. The summed E-state index contributed by atoms with van der Waals surface area (Å²) in [6, 6.07) is 2.02. The van der Waals surface area contributed by atoms with Gasteiger partial charge in [0.25, 0.3) is 0 Å². The fourth-order valence-electron chi connectivity index (χ4n) is 3.90. The largest absolute Gasteiger partial charge is 0.404 e. The molecule has 1 aliphatic rings. The van der Waals surface area contributed by atoms with E-state index < -0.39 is 0 Å². The fraction of sp³-hybridized carbons (Fsp3) is 0.316. The number of hydrogen-bond acceptors (Lipinski definition) is 8. The summed E-state index contributed by atoms with van der Waals surface area (Å²) in [6.07, 6.45) is 9.92. The van der Waals surface area contributed by atoms with Gasteiger partial charge in [-0.3, -0.25) is 9.30 Å². The molecule has 9 nitrogen and oxygen atoms in total. The summed E-state index contributed by atoms with van der Waals surface area (Å²) in [7, 11) is 2.06. The molecule has 3 aromatic heterocycles. The van der Waals surface area contributed by atoms with Crippen molar-refractivity contribution < 1.29 is 0 Å². The van der Waals surface area contributed by atoms with Crippen LogP contribution in [0.5, 0.6) is 0 Å². The number of likely N-dealkylation sites (N-methyl/N-ethyl adjacent to an activating group) is 1. The van der Waals surface area contributed by atoms with E-state index in [1.807, 2.05) is 16.7 Å². The van der Waals surface area contributed by atoms with Gasteiger partial charge in [0.15, 0.2) is 11.5 Å². The van der Waals surface area contributed by atoms with Crippen LogP contribution in [-0.4, -0.2) is 67.7 Å². The summed E-state index contributed by atoms with van der Waals surface area (Å²) in [4.78, 5) is 22.4. The summed E-state index contributed by atoms with van der Waals surface area (Å²) in [6.45, 7) is 3.79. The molecule has 0 amide bonds. The zero-order chi connectivity index (χ0) is 20.5. The molecular formula is C19H22BrN9. The molecule has 0 aliphatic carbocycles. The number of fused-ring (bicyclic) bond motifs is 1. The lowest BCUT2D eigenvalue weighted by molar-refractivity contribution is 0.213. The maximum Gasteiger partial charge on any atom is 0.180 e. The van der Waals surface area contributed by atoms with E-state index >= 15 is 0 Å². The van der Waals surface area contributed by atoms with Crippen molar-refractivity contribution >= 4 is 33.6 Å². The van der Waals surface area contributed by atoms with Crippen molar-refractivity contribution in [1.29, 1.82) is 5.41 Å². The van der Waals surface area contributed by atoms with E-state index in [4.69, 9.17) is 16.1 Å². The monoisotopic (exact) mass is 455 g/mol. The predicted octanol–water partition coefficient (Wildman–Crippen LogP) is 1.95. The van der Waals surface area contributed by atoms with Gasteiger partial charge in [-0.2, -0.15) is 0 Å². The summed E-state index contributed by atoms with van der Waals surface area (Å²) >= 11 is 3.40. The summed E-state index contributed by atoms with van der Waals surface area (Å²) in [5, 5.41) is 7.71. The van der Waals surface area contributed by atoms with Gasteiger partial charge in [-0.25, -0.2) is 19.9 Å². The lowest BCUT2D eigenvalue weighted by Gasteiger charge is -2.45. The van der Waals surface area contributed by atoms with Gasteiger partial charge in [-0.05, 0) is 36.0 Å². The van der Waals surface area contributed by atoms with Crippen molar-refractivity contribution in [2.24, 2.45) is 5.73 Å². The zero-order valence-corrected chi connectivity index (χ0v) is 17.8. The first-order chi connectivity index (χ1) is 14.0. The standard InChI is InChI=1S/C19H22BrN9/c1-12-18(13(7-21)8-22)27(2)5-6-28(12)16-3-4-23-19(26-16)14-9-25-17-10-24-15(20)11-29(14)17/h3-4,7-12,18,21H,5-6,22H2,1-2H3/b13-8+,21-7?. The molecule has 29 heavy (non-hydrogen) atoms. The number of imidazole rings is 1. The molecule has 0 spiro atoms. The second-order valence-electron chi connectivity index (χ2n) is 6.99. The van der Waals surface area contributed by atoms with Crippen molar-refractivity contribution in [2.45, 2.75) is 19.0 Å². The van der Waals surface area contributed by atoms with E-state index in [0.717, 1.165) is 35.8 Å². The normalized spacial score (nSPS) is 20.9. The molecule has 4 heterocycles. The minimum absolute atomic E-state index is 0.0162. The molecule has 150 valence electrons. The zero-order valence-electron chi connectivity index (χ0n) is 16.2. The molecule has 1 aliphatic heterocycles. The van der Waals surface area contributed by atoms with Crippen LogP contribution in [0, 0.1) is 5.41 Å². The molecule has 3 N–H and O–H groups in total. The van der Waals surface area contributed by atoms with Crippen molar-refractivity contribution in [3.63, 3.8) is 0 Å². The molecule has 10 heteroatoms. The van der Waals surface area contributed by atoms with Crippen LogP contribution < -0.4 is 10.6 Å². The molecule has 0 aromatic carbocycles. The SMILES string of the molecule is CC1C(/C(C=N)=C/N)N(C)CCN1c1ccnc(-c2cnc3cnc(Br)cn23)n1. The number of hydrogen-bond donors (Lipinski definition) is 2. The summed E-state index contributed by atoms with van der Waals surface area (Å²) in [5.41, 5.74) is 8.09. The quantitative estimate of drug-likeness (QED) is 0.577. The first kappa shape index (κ1) is 19.5. The first-order valence-electron chi connectivity index (χ1n) is 9.24. The van der Waals surface area contributed by atoms with Crippen LogP contribution in [0.3, 0.4) is 0 Å². The maximum atomic E-state index is 7.71. The molecule has 2 atom stereocenters. The van der Waals surface area contributed by atoms with Gasteiger partial charge in [0.1, 0.15) is 16.1 Å². The van der Waals surface area contributed by atoms with Gasteiger partial charge in [0.2, 0.25) is 0 Å². The van der Waals surface area contributed by atoms with Crippen LogP contribution in [-0.2, 0) is 0 Å². The maximum absolute atomic E-state index is 7.71. The molecule has 1 fully saturated rings. The Hall–Kier alpha value is -2.85. The van der Waals surface area contributed by atoms with E-state index in [0.29, 0.717) is 10.4 Å². The number of piperazine rings is 1. The molecule has 0 bridgehead atoms. The number of nitrogens with two attached hydrogens (primary N) is 1. The molecule has 1 saturated heterocycles. The average Bonchev–Trinajstić information content (AvgIpc) is 3.14. The second-order valence-corrected chi connectivity index (χ2v) is 7.80. The molecule has 2 unspecified atom stereocenters. The third kappa shape index (κ3) is 3.49. The van der Waals surface area contributed by atoms with Crippen LogP contribution in [0.2, 0.25) is 0 Å². The average molecular weight is 456 g/mol. The minimum atomic E-state index is 0.0162. The van der Waals surface area contributed by atoms with Crippen LogP contribution >= 0.6 is 15.9 Å². The van der Waals surface area contributed by atoms with Gasteiger partial charge in [0, 0.05) is 49.5 Å². The highest BCUT2D eigenvalue weighted by atomic mass is 79.9. The third-order valence-electron chi connectivity index (χ3n) is 5.35. The van der Waals surface area contributed by atoms with Crippen LogP contribution in [0.25, 0.3) is 17.2 Å². The van der Waals surface area contributed by atoms with Gasteiger partial charge in [0.05, 0.1) is 18.4 Å². The molecule has 0 saturated carbocycles. The number of nitrogens with zero attached hydrogens (tertiary/aromatic N) is 7. The van der Waals surface area contributed by atoms with Crippen molar-refractivity contribution in [2.75, 3.05) is 25.0 Å². The van der Waals surface area contributed by atoms with Crippen molar-refractivity contribution in [1.82, 2.24) is 29.2 Å². The number of rotatable bonds is 4.